The summed E-state index contributed by atoms with van der Waals surface area (Å²) in [6.45, 7) is 4.53. The van der Waals surface area contributed by atoms with Crippen LogP contribution in [0.5, 0.6) is 0 Å². The van der Waals surface area contributed by atoms with Gasteiger partial charge in [-0.15, -0.1) is 0 Å². The van der Waals surface area contributed by atoms with Crippen molar-refractivity contribution in [2.45, 2.75) is 26.4 Å². The van der Waals surface area contributed by atoms with Crippen LogP contribution in [0.25, 0.3) is 0 Å². The molecule has 0 unspecified atom stereocenters. The average Bonchev–Trinajstić information content (AvgIpc) is 3.41. The maximum atomic E-state index is 12.2. The smallest absolute Gasteiger partial charge is 0.246 e. The highest BCUT2D eigenvalue weighted by molar-refractivity contribution is 5.98. The zero-order valence-electron chi connectivity index (χ0n) is 17.1. The van der Waals surface area contributed by atoms with E-state index >= 15 is 0 Å². The summed E-state index contributed by atoms with van der Waals surface area (Å²) in [6, 6.07) is 18.1. The molecule has 0 atom stereocenters. The molecule has 0 saturated heterocycles. The number of para-hydroxylation sites is 1. The van der Waals surface area contributed by atoms with Gasteiger partial charge in [0.2, 0.25) is 5.91 Å². The number of anilines is 2. The van der Waals surface area contributed by atoms with E-state index in [4.69, 9.17) is 4.99 Å². The highest BCUT2D eigenvalue weighted by atomic mass is 16.2. The number of rotatable bonds is 6. The molecule has 1 amide bonds. The van der Waals surface area contributed by atoms with Gasteiger partial charge in [-0.3, -0.25) is 9.48 Å². The minimum absolute atomic E-state index is 0.110. The fourth-order valence-electron chi connectivity index (χ4n) is 3.61. The number of aliphatic imine (C=N–C) groups is 1. The number of nitrogens with zero attached hydrogens (tertiary/aromatic N) is 4. The number of amides is 1. The quantitative estimate of drug-likeness (QED) is 0.491. The first-order chi connectivity index (χ1) is 14.7. The molecule has 1 aliphatic heterocycles. The number of hydrogen-bond acceptors (Lipinski definition) is 3. The van der Waals surface area contributed by atoms with Crippen molar-refractivity contribution in [2.75, 3.05) is 23.3 Å². The number of hydrogen-bond donors (Lipinski definition) is 2. The molecule has 0 fully saturated rings. The van der Waals surface area contributed by atoms with E-state index in [0.29, 0.717) is 6.54 Å². The Morgan fingerprint density at radius 2 is 2.07 bits per heavy atom. The Labute approximate surface area is 176 Å². The molecule has 0 spiro atoms. The predicted molar refractivity (Wildman–Crippen MR) is 120 cm³/mol. The van der Waals surface area contributed by atoms with Crippen molar-refractivity contribution in [3.63, 3.8) is 0 Å². The molecule has 2 heterocycles. The highest BCUT2D eigenvalue weighted by Gasteiger charge is 2.22. The van der Waals surface area contributed by atoms with E-state index in [0.717, 1.165) is 36.7 Å². The Kier molecular flexibility index (Phi) is 6.08. The standard InChI is InChI=1S/C23H26N6O/c1-2-24-23(29-14-11-19-8-3-4-10-21(19)29)25-16-18-7-5-9-20(15-18)27-22(30)17-28-13-6-12-26-28/h3-10,12-13,15H,2,11,14,16-17H2,1H3,(H,24,25)(H,27,30). The van der Waals surface area contributed by atoms with E-state index in [1.165, 1.54) is 11.3 Å². The van der Waals surface area contributed by atoms with E-state index in [1.54, 1.807) is 23.1 Å². The van der Waals surface area contributed by atoms with Crippen LogP contribution >= 0.6 is 0 Å². The molecule has 3 aromatic rings. The molecule has 2 aromatic carbocycles. The second-order valence-corrected chi connectivity index (χ2v) is 7.15. The monoisotopic (exact) mass is 402 g/mol. The summed E-state index contributed by atoms with van der Waals surface area (Å²) in [5.74, 6) is 0.775. The third-order valence-electron chi connectivity index (χ3n) is 4.96. The van der Waals surface area contributed by atoms with Crippen LogP contribution < -0.4 is 15.5 Å². The molecule has 30 heavy (non-hydrogen) atoms. The zero-order chi connectivity index (χ0) is 20.8. The second kappa shape index (κ2) is 9.26. The summed E-state index contributed by atoms with van der Waals surface area (Å²) >= 11 is 0. The molecule has 0 radical (unpaired) electrons. The first-order valence-electron chi connectivity index (χ1n) is 10.2. The van der Waals surface area contributed by atoms with Crippen LogP contribution in [0, 0.1) is 0 Å². The van der Waals surface area contributed by atoms with Crippen LogP contribution in [0.1, 0.15) is 18.1 Å². The Hall–Kier alpha value is -3.61. The number of nitrogens with one attached hydrogen (secondary N) is 2. The van der Waals surface area contributed by atoms with Gasteiger partial charge < -0.3 is 15.5 Å². The van der Waals surface area contributed by atoms with Crippen molar-refractivity contribution in [3.05, 3.63) is 78.1 Å². The third-order valence-corrected chi connectivity index (χ3v) is 4.96. The van der Waals surface area contributed by atoms with Crippen LogP contribution in [0.2, 0.25) is 0 Å². The van der Waals surface area contributed by atoms with Gasteiger partial charge in [0.05, 0.1) is 6.54 Å². The summed E-state index contributed by atoms with van der Waals surface area (Å²) in [7, 11) is 0. The summed E-state index contributed by atoms with van der Waals surface area (Å²) in [5, 5.41) is 10.4. The van der Waals surface area contributed by atoms with Gasteiger partial charge in [0.15, 0.2) is 5.96 Å². The highest BCUT2D eigenvalue weighted by Crippen LogP contribution is 2.27. The van der Waals surface area contributed by atoms with Gasteiger partial charge in [-0.1, -0.05) is 30.3 Å². The third kappa shape index (κ3) is 4.68. The molecular weight excluding hydrogens is 376 g/mol. The SMILES string of the molecule is CCNC(=NCc1cccc(NC(=O)Cn2cccn2)c1)N1CCc2ccccc21. The summed E-state index contributed by atoms with van der Waals surface area (Å²) < 4.78 is 1.60. The number of carbonyl (C=O) groups excluding carboxylic acids is 1. The number of benzene rings is 2. The molecule has 0 bridgehead atoms. The summed E-state index contributed by atoms with van der Waals surface area (Å²) in [6.07, 6.45) is 4.45. The largest absolute Gasteiger partial charge is 0.356 e. The average molecular weight is 403 g/mol. The number of guanidine groups is 1. The first kappa shape index (κ1) is 19.7. The number of aromatic nitrogens is 2. The normalized spacial score (nSPS) is 13.2. The number of fused-ring (bicyclic) bond motifs is 1. The van der Waals surface area contributed by atoms with E-state index < -0.39 is 0 Å². The summed E-state index contributed by atoms with van der Waals surface area (Å²) in [5.41, 5.74) is 4.37. The van der Waals surface area contributed by atoms with Crippen molar-refractivity contribution < 1.29 is 4.79 Å². The van der Waals surface area contributed by atoms with Gasteiger partial charge in [0.1, 0.15) is 6.54 Å². The van der Waals surface area contributed by atoms with Crippen molar-refractivity contribution in [1.29, 1.82) is 0 Å². The van der Waals surface area contributed by atoms with Crippen LogP contribution in [0.3, 0.4) is 0 Å². The van der Waals surface area contributed by atoms with E-state index in [9.17, 15) is 4.79 Å². The van der Waals surface area contributed by atoms with Crippen molar-refractivity contribution in [2.24, 2.45) is 4.99 Å². The fourth-order valence-corrected chi connectivity index (χ4v) is 3.61. The lowest BCUT2D eigenvalue weighted by atomic mass is 10.2. The Morgan fingerprint density at radius 3 is 2.90 bits per heavy atom. The van der Waals surface area contributed by atoms with Crippen LogP contribution in [-0.4, -0.2) is 34.7 Å². The lowest BCUT2D eigenvalue weighted by Crippen LogP contribution is -2.40. The molecule has 0 saturated carbocycles. The Morgan fingerprint density at radius 1 is 1.17 bits per heavy atom. The molecular formula is C23H26N6O. The van der Waals surface area contributed by atoms with E-state index in [2.05, 4.69) is 51.8 Å². The lowest BCUT2D eigenvalue weighted by Gasteiger charge is -2.22. The predicted octanol–water partition coefficient (Wildman–Crippen LogP) is 3.05. The Bertz CT molecular complexity index is 1030. The summed E-state index contributed by atoms with van der Waals surface area (Å²) in [4.78, 5) is 19.3. The molecule has 1 aliphatic rings. The topological polar surface area (TPSA) is 74.5 Å². The van der Waals surface area contributed by atoms with Gasteiger partial charge >= 0.3 is 0 Å². The molecule has 0 aliphatic carbocycles. The number of carbonyl (C=O) groups is 1. The van der Waals surface area contributed by atoms with Gasteiger partial charge in [-0.05, 0) is 48.7 Å². The second-order valence-electron chi connectivity index (χ2n) is 7.15. The van der Waals surface area contributed by atoms with Crippen molar-refractivity contribution >= 4 is 23.2 Å². The maximum absolute atomic E-state index is 12.2. The lowest BCUT2D eigenvalue weighted by molar-refractivity contribution is -0.116. The van der Waals surface area contributed by atoms with Crippen LogP contribution in [0.4, 0.5) is 11.4 Å². The van der Waals surface area contributed by atoms with Crippen LogP contribution in [-0.2, 0) is 24.3 Å². The van der Waals surface area contributed by atoms with Gasteiger partial charge in [0.25, 0.3) is 0 Å². The van der Waals surface area contributed by atoms with E-state index in [1.807, 2.05) is 24.3 Å². The minimum Gasteiger partial charge on any atom is -0.356 e. The maximum Gasteiger partial charge on any atom is 0.246 e. The molecule has 1 aromatic heterocycles. The first-order valence-corrected chi connectivity index (χ1v) is 10.2. The van der Waals surface area contributed by atoms with Gasteiger partial charge in [-0.25, -0.2) is 4.99 Å². The Balaban J connectivity index is 1.44. The van der Waals surface area contributed by atoms with E-state index in [-0.39, 0.29) is 12.5 Å². The minimum atomic E-state index is -0.110. The van der Waals surface area contributed by atoms with Gasteiger partial charge in [-0.2, -0.15) is 5.10 Å². The van der Waals surface area contributed by atoms with Crippen LogP contribution in [0.15, 0.2) is 72.0 Å². The molecule has 7 heteroatoms. The molecule has 4 rings (SSSR count). The van der Waals surface area contributed by atoms with Gasteiger partial charge in [0, 0.05) is 36.9 Å². The van der Waals surface area contributed by atoms with Crippen molar-refractivity contribution in [1.82, 2.24) is 15.1 Å². The zero-order valence-corrected chi connectivity index (χ0v) is 17.1. The molecule has 7 nitrogen and oxygen atoms in total. The fraction of sp³-hybridized carbons (Fsp3) is 0.261. The molecule has 2 N–H and O–H groups in total. The van der Waals surface area contributed by atoms with Crippen molar-refractivity contribution in [3.8, 4) is 0 Å². The molecule has 154 valence electrons.